The standard InChI is InChI=1S/C13H19F3N2O3/c1-9-2-3-12(21)11(17-9)7-18(6-10(20)8-19)5-4-13(14,15)16/h2-3,10,19-21H,4-8H2,1H3/t10-/m0/s1. The lowest BCUT2D eigenvalue weighted by Crippen LogP contribution is -2.36. The number of rotatable bonds is 7. The SMILES string of the molecule is Cc1ccc(O)c(CN(CCC(F)(F)F)C[C@H](O)CO)n1. The molecule has 0 radical (unpaired) electrons. The topological polar surface area (TPSA) is 76.8 Å². The summed E-state index contributed by atoms with van der Waals surface area (Å²) in [4.78, 5) is 5.37. The van der Waals surface area contributed by atoms with Gasteiger partial charge in [0.05, 0.1) is 24.8 Å². The number of aliphatic hydroxyl groups is 2. The molecule has 0 bridgehead atoms. The van der Waals surface area contributed by atoms with Crippen molar-refractivity contribution in [1.29, 1.82) is 0 Å². The molecule has 0 aliphatic carbocycles. The maximum atomic E-state index is 12.3. The molecule has 0 aliphatic rings. The van der Waals surface area contributed by atoms with Crippen LogP contribution in [0.5, 0.6) is 5.75 Å². The Hall–Kier alpha value is -1.38. The highest BCUT2D eigenvalue weighted by atomic mass is 19.4. The minimum Gasteiger partial charge on any atom is -0.506 e. The Morgan fingerprint density at radius 1 is 1.33 bits per heavy atom. The first-order chi connectivity index (χ1) is 9.71. The van der Waals surface area contributed by atoms with Crippen LogP contribution >= 0.6 is 0 Å². The molecule has 1 rings (SSSR count). The zero-order valence-corrected chi connectivity index (χ0v) is 11.6. The van der Waals surface area contributed by atoms with Gasteiger partial charge in [-0.3, -0.25) is 9.88 Å². The maximum Gasteiger partial charge on any atom is 0.390 e. The van der Waals surface area contributed by atoms with Crippen LogP contribution in [0.2, 0.25) is 0 Å². The predicted molar refractivity (Wildman–Crippen MR) is 69.7 cm³/mol. The third kappa shape index (κ3) is 6.74. The summed E-state index contributed by atoms with van der Waals surface area (Å²) in [5.74, 6) is -0.115. The number of halogens is 3. The van der Waals surface area contributed by atoms with Crippen molar-refractivity contribution in [2.45, 2.75) is 32.2 Å². The minimum atomic E-state index is -4.31. The van der Waals surface area contributed by atoms with E-state index in [9.17, 15) is 23.4 Å². The fourth-order valence-corrected chi connectivity index (χ4v) is 1.81. The largest absolute Gasteiger partial charge is 0.506 e. The van der Waals surface area contributed by atoms with Gasteiger partial charge >= 0.3 is 6.18 Å². The van der Waals surface area contributed by atoms with Gasteiger partial charge in [0.1, 0.15) is 5.75 Å². The minimum absolute atomic E-state index is 0.0410. The number of hydrogen-bond donors (Lipinski definition) is 3. The maximum absolute atomic E-state index is 12.3. The Morgan fingerprint density at radius 3 is 2.57 bits per heavy atom. The van der Waals surface area contributed by atoms with Crippen LogP contribution in [0.4, 0.5) is 13.2 Å². The Labute approximate surface area is 120 Å². The molecule has 0 aromatic carbocycles. The Balaban J connectivity index is 2.77. The van der Waals surface area contributed by atoms with Crippen molar-refractivity contribution in [3.05, 3.63) is 23.5 Å². The van der Waals surface area contributed by atoms with E-state index in [1.54, 1.807) is 13.0 Å². The molecule has 0 aliphatic heterocycles. The predicted octanol–water partition coefficient (Wildman–Crippen LogP) is 1.20. The molecule has 0 fully saturated rings. The second-order valence-electron chi connectivity index (χ2n) is 4.86. The molecular formula is C13H19F3N2O3. The van der Waals surface area contributed by atoms with Crippen LogP contribution in [0.15, 0.2) is 12.1 Å². The first-order valence-electron chi connectivity index (χ1n) is 6.45. The van der Waals surface area contributed by atoms with E-state index < -0.39 is 25.3 Å². The molecule has 0 unspecified atom stereocenters. The van der Waals surface area contributed by atoms with Gasteiger partial charge in [-0.1, -0.05) is 0 Å². The van der Waals surface area contributed by atoms with Crippen molar-refractivity contribution in [1.82, 2.24) is 9.88 Å². The van der Waals surface area contributed by atoms with Crippen molar-refractivity contribution >= 4 is 0 Å². The number of pyridine rings is 1. The summed E-state index contributed by atoms with van der Waals surface area (Å²) in [7, 11) is 0. The summed E-state index contributed by atoms with van der Waals surface area (Å²) in [5.41, 5.74) is 0.864. The smallest absolute Gasteiger partial charge is 0.390 e. The number of aromatic hydroxyl groups is 1. The first kappa shape index (κ1) is 17.7. The van der Waals surface area contributed by atoms with Crippen molar-refractivity contribution in [3.8, 4) is 5.75 Å². The summed E-state index contributed by atoms with van der Waals surface area (Å²) in [5, 5.41) is 27.9. The van der Waals surface area contributed by atoms with E-state index in [1.807, 2.05) is 0 Å². The normalized spacial score (nSPS) is 13.7. The van der Waals surface area contributed by atoms with E-state index in [1.165, 1.54) is 11.0 Å². The summed E-state index contributed by atoms with van der Waals surface area (Å²) < 4.78 is 36.9. The second-order valence-corrected chi connectivity index (χ2v) is 4.86. The monoisotopic (exact) mass is 308 g/mol. The van der Waals surface area contributed by atoms with Crippen molar-refractivity contribution in [3.63, 3.8) is 0 Å². The number of nitrogens with zero attached hydrogens (tertiary/aromatic N) is 2. The van der Waals surface area contributed by atoms with Gasteiger partial charge < -0.3 is 15.3 Å². The zero-order valence-electron chi connectivity index (χ0n) is 11.6. The first-order valence-corrected chi connectivity index (χ1v) is 6.45. The number of aromatic nitrogens is 1. The van der Waals surface area contributed by atoms with Crippen molar-refractivity contribution in [2.75, 3.05) is 19.7 Å². The highest BCUT2D eigenvalue weighted by Gasteiger charge is 2.28. The van der Waals surface area contributed by atoms with Crippen LogP contribution in [-0.4, -0.2) is 57.2 Å². The number of hydrogen-bond acceptors (Lipinski definition) is 5. The fourth-order valence-electron chi connectivity index (χ4n) is 1.81. The number of alkyl halides is 3. The second kappa shape index (κ2) is 7.58. The third-order valence-electron chi connectivity index (χ3n) is 2.85. The van der Waals surface area contributed by atoms with Gasteiger partial charge in [0.2, 0.25) is 0 Å². The Kier molecular flexibility index (Phi) is 6.38. The van der Waals surface area contributed by atoms with Crippen LogP contribution in [0.1, 0.15) is 17.8 Å². The van der Waals surface area contributed by atoms with Crippen LogP contribution in [0, 0.1) is 6.92 Å². The highest BCUT2D eigenvalue weighted by Crippen LogP contribution is 2.22. The summed E-state index contributed by atoms with van der Waals surface area (Å²) in [6, 6.07) is 3.00. The number of aliphatic hydroxyl groups excluding tert-OH is 2. The van der Waals surface area contributed by atoms with E-state index in [4.69, 9.17) is 5.11 Å². The molecule has 0 saturated heterocycles. The van der Waals surface area contributed by atoms with Crippen LogP contribution in [0.3, 0.4) is 0 Å². The summed E-state index contributed by atoms with van der Waals surface area (Å²) in [6.45, 7) is 0.624. The molecule has 0 amide bonds. The van der Waals surface area contributed by atoms with E-state index in [-0.39, 0.29) is 31.1 Å². The van der Waals surface area contributed by atoms with Gasteiger partial charge in [0.25, 0.3) is 0 Å². The van der Waals surface area contributed by atoms with Gasteiger partial charge in [0.15, 0.2) is 0 Å². The quantitative estimate of drug-likeness (QED) is 0.706. The van der Waals surface area contributed by atoms with E-state index in [2.05, 4.69) is 4.98 Å². The average molecular weight is 308 g/mol. The van der Waals surface area contributed by atoms with Crippen molar-refractivity contribution in [2.24, 2.45) is 0 Å². The molecule has 3 N–H and O–H groups in total. The van der Waals surface area contributed by atoms with Gasteiger partial charge in [-0.05, 0) is 19.1 Å². The highest BCUT2D eigenvalue weighted by molar-refractivity contribution is 5.27. The summed E-state index contributed by atoms with van der Waals surface area (Å²) >= 11 is 0. The molecule has 1 atom stereocenters. The number of aryl methyl sites for hydroxylation is 1. The molecule has 21 heavy (non-hydrogen) atoms. The van der Waals surface area contributed by atoms with Gasteiger partial charge in [-0.15, -0.1) is 0 Å². The molecule has 5 nitrogen and oxygen atoms in total. The molecule has 120 valence electrons. The lowest BCUT2D eigenvalue weighted by atomic mass is 10.2. The lowest BCUT2D eigenvalue weighted by Gasteiger charge is -2.25. The van der Waals surface area contributed by atoms with Crippen LogP contribution < -0.4 is 0 Å². The molecule has 1 heterocycles. The van der Waals surface area contributed by atoms with Crippen LogP contribution in [-0.2, 0) is 6.54 Å². The van der Waals surface area contributed by atoms with Crippen molar-refractivity contribution < 1.29 is 28.5 Å². The van der Waals surface area contributed by atoms with Gasteiger partial charge in [-0.2, -0.15) is 13.2 Å². The lowest BCUT2D eigenvalue weighted by molar-refractivity contribution is -0.139. The fraction of sp³-hybridized carbons (Fsp3) is 0.615. The molecule has 0 saturated carbocycles. The molecule has 1 aromatic rings. The Morgan fingerprint density at radius 2 is 2.00 bits per heavy atom. The Bertz CT molecular complexity index is 455. The van der Waals surface area contributed by atoms with E-state index >= 15 is 0 Å². The van der Waals surface area contributed by atoms with E-state index in [0.717, 1.165) is 0 Å². The third-order valence-corrected chi connectivity index (χ3v) is 2.85. The van der Waals surface area contributed by atoms with Crippen LogP contribution in [0.25, 0.3) is 0 Å². The molecule has 0 spiro atoms. The van der Waals surface area contributed by atoms with E-state index in [0.29, 0.717) is 5.69 Å². The average Bonchev–Trinajstić information content (AvgIpc) is 2.39. The van der Waals surface area contributed by atoms with Gasteiger partial charge in [-0.25, -0.2) is 0 Å². The summed E-state index contributed by atoms with van der Waals surface area (Å²) in [6.07, 6.45) is -6.51. The molecule has 8 heteroatoms. The zero-order chi connectivity index (χ0) is 16.0. The molecule has 1 aromatic heterocycles. The van der Waals surface area contributed by atoms with Gasteiger partial charge in [0, 0.05) is 25.3 Å². The molecular weight excluding hydrogens is 289 g/mol.